The van der Waals surface area contributed by atoms with Crippen LogP contribution in [0.4, 0.5) is 0 Å². The van der Waals surface area contributed by atoms with Gasteiger partial charge >= 0.3 is 0 Å². The van der Waals surface area contributed by atoms with Gasteiger partial charge in [-0.3, -0.25) is 0 Å². The molecule has 1 rings (SSSR count). The molecule has 1 nitrogen and oxygen atoms in total. The average Bonchev–Trinajstić information content (AvgIpc) is 2.16. The molecular weight excluding hydrogens is 196 g/mol. The van der Waals surface area contributed by atoms with Crippen LogP contribution in [0.3, 0.4) is 0 Å². The highest BCUT2D eigenvalue weighted by molar-refractivity contribution is 5.40. The van der Waals surface area contributed by atoms with Gasteiger partial charge in [0.05, 0.1) is 0 Å². The third-order valence-corrected chi connectivity index (χ3v) is 2.99. The van der Waals surface area contributed by atoms with E-state index in [0.29, 0.717) is 17.8 Å². The molecule has 0 heterocycles. The summed E-state index contributed by atoms with van der Waals surface area (Å²) in [7, 11) is 0. The van der Waals surface area contributed by atoms with Gasteiger partial charge < -0.3 is 5.48 Å². The van der Waals surface area contributed by atoms with Crippen molar-refractivity contribution in [3.8, 4) is 0 Å². The minimum absolute atomic E-state index is 0. The van der Waals surface area contributed by atoms with Gasteiger partial charge in [-0.15, -0.1) is 0 Å². The van der Waals surface area contributed by atoms with E-state index in [2.05, 4.69) is 59.7 Å². The molecule has 0 saturated carbocycles. The molecule has 0 fully saturated rings. The molecule has 0 aromatic heterocycles. The standard InChI is InChI=1S/C15H24.H2O/c1-10(2)13-8-7-9-14(11(3)4)15(13)12(5)6;/h7-12H,1-6H3;1H2. The first-order valence-corrected chi connectivity index (χ1v) is 6.07. The predicted octanol–water partition coefficient (Wildman–Crippen LogP) is 4.23. The number of hydrogen-bond acceptors (Lipinski definition) is 0. The minimum Gasteiger partial charge on any atom is -0.412 e. The second kappa shape index (κ2) is 6.05. The van der Waals surface area contributed by atoms with Crippen LogP contribution in [0, 0.1) is 0 Å². The summed E-state index contributed by atoms with van der Waals surface area (Å²) < 4.78 is 0. The zero-order valence-corrected chi connectivity index (χ0v) is 11.5. The molecule has 1 heteroatoms. The second-order valence-corrected chi connectivity index (χ2v) is 5.31. The van der Waals surface area contributed by atoms with Gasteiger partial charge in [-0.05, 0) is 34.4 Å². The molecule has 92 valence electrons. The van der Waals surface area contributed by atoms with Crippen LogP contribution in [-0.2, 0) is 0 Å². The Morgan fingerprint density at radius 2 is 1.06 bits per heavy atom. The molecular formula is C15H26O. The Kier molecular flexibility index (Phi) is 5.74. The second-order valence-electron chi connectivity index (χ2n) is 5.31. The van der Waals surface area contributed by atoms with Gasteiger partial charge in [0.2, 0.25) is 0 Å². The largest absolute Gasteiger partial charge is 0.412 e. The van der Waals surface area contributed by atoms with Crippen molar-refractivity contribution in [3.05, 3.63) is 34.9 Å². The summed E-state index contributed by atoms with van der Waals surface area (Å²) in [5, 5.41) is 0. The normalized spacial score (nSPS) is 11.1. The highest BCUT2D eigenvalue weighted by atomic mass is 16.0. The van der Waals surface area contributed by atoms with Crippen LogP contribution in [0.2, 0.25) is 0 Å². The van der Waals surface area contributed by atoms with Crippen molar-refractivity contribution in [1.29, 1.82) is 0 Å². The lowest BCUT2D eigenvalue weighted by Crippen LogP contribution is -2.04. The van der Waals surface area contributed by atoms with Crippen LogP contribution in [0.25, 0.3) is 0 Å². The van der Waals surface area contributed by atoms with Gasteiger partial charge in [-0.25, -0.2) is 0 Å². The van der Waals surface area contributed by atoms with Crippen LogP contribution in [0.5, 0.6) is 0 Å². The van der Waals surface area contributed by atoms with E-state index in [1.165, 1.54) is 11.1 Å². The third kappa shape index (κ3) is 3.08. The van der Waals surface area contributed by atoms with Crippen molar-refractivity contribution < 1.29 is 5.48 Å². The molecule has 0 atom stereocenters. The maximum Gasteiger partial charge on any atom is -0.0213 e. The number of benzene rings is 1. The van der Waals surface area contributed by atoms with Crippen molar-refractivity contribution in [2.24, 2.45) is 0 Å². The zero-order valence-electron chi connectivity index (χ0n) is 11.5. The molecule has 1 aromatic rings. The molecule has 0 aliphatic carbocycles. The Bertz CT molecular complexity index is 298. The van der Waals surface area contributed by atoms with Crippen LogP contribution < -0.4 is 0 Å². The maximum atomic E-state index is 2.30. The Balaban J connectivity index is 0.00000225. The van der Waals surface area contributed by atoms with E-state index in [0.717, 1.165) is 0 Å². The molecule has 0 aliphatic rings. The van der Waals surface area contributed by atoms with Crippen LogP contribution in [-0.4, -0.2) is 5.48 Å². The van der Waals surface area contributed by atoms with Gasteiger partial charge in [0, 0.05) is 0 Å². The minimum atomic E-state index is 0. The molecule has 0 saturated heterocycles. The number of hydrogen-bond donors (Lipinski definition) is 0. The highest BCUT2D eigenvalue weighted by Gasteiger charge is 2.15. The zero-order chi connectivity index (χ0) is 11.6. The summed E-state index contributed by atoms with van der Waals surface area (Å²) in [4.78, 5) is 0. The smallest absolute Gasteiger partial charge is 0.0213 e. The van der Waals surface area contributed by atoms with Crippen molar-refractivity contribution >= 4 is 0 Å². The van der Waals surface area contributed by atoms with E-state index in [-0.39, 0.29) is 5.48 Å². The lowest BCUT2D eigenvalue weighted by atomic mass is 9.83. The fraction of sp³-hybridized carbons (Fsp3) is 0.600. The quantitative estimate of drug-likeness (QED) is 0.733. The highest BCUT2D eigenvalue weighted by Crippen LogP contribution is 2.32. The van der Waals surface area contributed by atoms with Crippen molar-refractivity contribution in [2.45, 2.75) is 59.3 Å². The molecule has 0 radical (unpaired) electrons. The monoisotopic (exact) mass is 222 g/mol. The van der Waals surface area contributed by atoms with Gasteiger partial charge in [0.15, 0.2) is 0 Å². The lowest BCUT2D eigenvalue weighted by Gasteiger charge is -2.22. The van der Waals surface area contributed by atoms with E-state index in [9.17, 15) is 0 Å². The lowest BCUT2D eigenvalue weighted by molar-refractivity contribution is 0.748. The van der Waals surface area contributed by atoms with E-state index >= 15 is 0 Å². The summed E-state index contributed by atoms with van der Waals surface area (Å²) in [6.07, 6.45) is 0. The Labute approximate surface area is 100 Å². The molecule has 16 heavy (non-hydrogen) atoms. The third-order valence-electron chi connectivity index (χ3n) is 2.99. The molecule has 0 unspecified atom stereocenters. The van der Waals surface area contributed by atoms with Crippen LogP contribution >= 0.6 is 0 Å². The van der Waals surface area contributed by atoms with E-state index < -0.39 is 0 Å². The van der Waals surface area contributed by atoms with E-state index in [1.54, 1.807) is 5.56 Å². The van der Waals surface area contributed by atoms with Gasteiger partial charge in [0.25, 0.3) is 0 Å². The summed E-state index contributed by atoms with van der Waals surface area (Å²) in [5.74, 6) is 1.88. The molecule has 0 amide bonds. The maximum absolute atomic E-state index is 2.30. The van der Waals surface area contributed by atoms with Gasteiger partial charge in [0.1, 0.15) is 0 Å². The van der Waals surface area contributed by atoms with Crippen molar-refractivity contribution in [2.75, 3.05) is 0 Å². The van der Waals surface area contributed by atoms with Gasteiger partial charge in [-0.2, -0.15) is 0 Å². The molecule has 2 N–H and O–H groups in total. The molecule has 0 spiro atoms. The average molecular weight is 222 g/mol. The molecule has 0 bridgehead atoms. The van der Waals surface area contributed by atoms with E-state index in [1.807, 2.05) is 0 Å². The first-order valence-electron chi connectivity index (χ1n) is 6.07. The Morgan fingerprint density at radius 1 is 0.688 bits per heavy atom. The number of rotatable bonds is 3. The molecule has 1 aromatic carbocycles. The molecule has 0 aliphatic heterocycles. The predicted molar refractivity (Wildman–Crippen MR) is 72.3 cm³/mol. The summed E-state index contributed by atoms with van der Waals surface area (Å²) in [6, 6.07) is 6.77. The first kappa shape index (κ1) is 15.2. The van der Waals surface area contributed by atoms with E-state index in [4.69, 9.17) is 0 Å². The first-order chi connectivity index (χ1) is 6.95. The summed E-state index contributed by atoms with van der Waals surface area (Å²) >= 11 is 0. The Morgan fingerprint density at radius 3 is 1.31 bits per heavy atom. The topological polar surface area (TPSA) is 31.5 Å². The van der Waals surface area contributed by atoms with Crippen molar-refractivity contribution in [1.82, 2.24) is 0 Å². The summed E-state index contributed by atoms with van der Waals surface area (Å²) in [5.41, 5.74) is 4.62. The Hall–Kier alpha value is -0.820. The fourth-order valence-corrected chi connectivity index (χ4v) is 2.28. The van der Waals surface area contributed by atoms with Crippen LogP contribution in [0.1, 0.15) is 76.0 Å². The SMILES string of the molecule is CC(C)c1cccc(C(C)C)c1C(C)C.O. The summed E-state index contributed by atoms with van der Waals surface area (Å²) in [6.45, 7) is 13.7. The fourth-order valence-electron chi connectivity index (χ4n) is 2.28. The van der Waals surface area contributed by atoms with Crippen molar-refractivity contribution in [3.63, 3.8) is 0 Å². The van der Waals surface area contributed by atoms with Gasteiger partial charge in [-0.1, -0.05) is 59.7 Å². The van der Waals surface area contributed by atoms with Crippen LogP contribution in [0.15, 0.2) is 18.2 Å².